The summed E-state index contributed by atoms with van der Waals surface area (Å²) >= 11 is 0. The molecule has 1 rings (SSSR count). The number of carbonyl (C=O) groups is 2. The Kier molecular flexibility index (Phi) is 5.07. The highest BCUT2D eigenvalue weighted by atomic mass is 32.2. The lowest BCUT2D eigenvalue weighted by Gasteiger charge is -2.28. The molecule has 1 heterocycles. The van der Waals surface area contributed by atoms with Gasteiger partial charge >= 0.3 is 0 Å². The average molecular weight is 330 g/mol. The van der Waals surface area contributed by atoms with Crippen molar-refractivity contribution in [3.05, 3.63) is 0 Å². The van der Waals surface area contributed by atoms with Crippen molar-refractivity contribution in [1.82, 2.24) is 10.6 Å². The molecule has 116 valence electrons. The van der Waals surface area contributed by atoms with Gasteiger partial charge in [-0.15, -0.1) is 0 Å². The summed E-state index contributed by atoms with van der Waals surface area (Å²) in [5, 5.41) is 4.42. The summed E-state index contributed by atoms with van der Waals surface area (Å²) in [6.45, 7) is -1.09. The molecule has 2 N–H and O–H groups in total. The van der Waals surface area contributed by atoms with E-state index in [2.05, 4.69) is 19.0 Å². The van der Waals surface area contributed by atoms with Crippen LogP contribution in [0, 0.1) is 0 Å². The normalized spacial score (nSPS) is 24.1. The molecule has 0 aromatic heterocycles. The zero-order valence-corrected chi connectivity index (χ0v) is 12.3. The van der Waals surface area contributed by atoms with Crippen molar-refractivity contribution >= 4 is 32.1 Å². The van der Waals surface area contributed by atoms with Crippen molar-refractivity contribution < 1.29 is 34.8 Å². The van der Waals surface area contributed by atoms with Crippen LogP contribution in [0.15, 0.2) is 0 Å². The topological polar surface area (TPSA) is 145 Å². The number of rotatable bonds is 6. The molecule has 0 aliphatic carbocycles. The van der Waals surface area contributed by atoms with Crippen LogP contribution in [0.2, 0.25) is 0 Å². The third-order valence-electron chi connectivity index (χ3n) is 2.16. The Morgan fingerprint density at radius 1 is 0.850 bits per heavy atom. The maximum Gasteiger partial charge on any atom is 0.264 e. The minimum absolute atomic E-state index is 0.546. The number of piperazine rings is 1. The summed E-state index contributed by atoms with van der Waals surface area (Å²) < 4.78 is 52.0. The van der Waals surface area contributed by atoms with E-state index in [-0.39, 0.29) is 0 Å². The van der Waals surface area contributed by atoms with Gasteiger partial charge in [0.2, 0.25) is 11.8 Å². The van der Waals surface area contributed by atoms with Crippen LogP contribution in [0.25, 0.3) is 0 Å². The van der Waals surface area contributed by atoms with Gasteiger partial charge in [-0.1, -0.05) is 0 Å². The molecule has 20 heavy (non-hydrogen) atoms. The molecule has 0 aromatic carbocycles. The number of nitrogens with one attached hydrogen (secondary N) is 2. The Morgan fingerprint density at radius 2 is 1.15 bits per heavy atom. The monoisotopic (exact) mass is 330 g/mol. The largest absolute Gasteiger partial charge is 0.340 e. The Labute approximate surface area is 116 Å². The SMILES string of the molecule is CS(=O)(=O)OC[C@@H]1NC(=O)[C@@H](COS(C)(=O)=O)NC1=O. The first kappa shape index (κ1) is 16.8. The van der Waals surface area contributed by atoms with Crippen LogP contribution in [0.1, 0.15) is 0 Å². The number of carbonyl (C=O) groups excluding carboxylic acids is 2. The lowest BCUT2D eigenvalue weighted by Crippen LogP contribution is -2.64. The van der Waals surface area contributed by atoms with Gasteiger partial charge in [0, 0.05) is 0 Å². The summed E-state index contributed by atoms with van der Waals surface area (Å²) in [6.07, 6.45) is 1.61. The number of hydrogen-bond donors (Lipinski definition) is 2. The van der Waals surface area contributed by atoms with Crippen molar-refractivity contribution in [2.75, 3.05) is 25.7 Å². The van der Waals surface area contributed by atoms with E-state index >= 15 is 0 Å². The van der Waals surface area contributed by atoms with Gasteiger partial charge in [0.25, 0.3) is 20.2 Å². The van der Waals surface area contributed by atoms with Gasteiger partial charge in [-0.05, 0) is 0 Å². The predicted molar refractivity (Wildman–Crippen MR) is 65.5 cm³/mol. The van der Waals surface area contributed by atoms with Crippen LogP contribution in [-0.4, -0.2) is 66.5 Å². The van der Waals surface area contributed by atoms with Gasteiger partial charge in [0.1, 0.15) is 12.1 Å². The summed E-state index contributed by atoms with van der Waals surface area (Å²) in [4.78, 5) is 23.2. The van der Waals surface area contributed by atoms with E-state index in [0.29, 0.717) is 0 Å². The van der Waals surface area contributed by atoms with Gasteiger partial charge in [0.15, 0.2) is 0 Å². The minimum atomic E-state index is -3.74. The molecule has 12 heteroatoms. The molecule has 0 bridgehead atoms. The van der Waals surface area contributed by atoms with Crippen LogP contribution in [0.4, 0.5) is 0 Å². The number of amides is 2. The molecule has 10 nitrogen and oxygen atoms in total. The zero-order chi connectivity index (χ0) is 15.6. The van der Waals surface area contributed by atoms with Crippen LogP contribution in [0.5, 0.6) is 0 Å². The lowest BCUT2D eigenvalue weighted by atomic mass is 10.1. The van der Waals surface area contributed by atoms with E-state index in [1.807, 2.05) is 0 Å². The van der Waals surface area contributed by atoms with Crippen LogP contribution in [-0.2, 0) is 38.2 Å². The van der Waals surface area contributed by atoms with Crippen LogP contribution in [0.3, 0.4) is 0 Å². The van der Waals surface area contributed by atoms with E-state index in [1.165, 1.54) is 0 Å². The smallest absolute Gasteiger partial charge is 0.264 e. The van der Waals surface area contributed by atoms with E-state index < -0.39 is 57.3 Å². The Hall–Kier alpha value is -1.24. The molecule has 1 aliphatic heterocycles. The van der Waals surface area contributed by atoms with Crippen molar-refractivity contribution in [3.63, 3.8) is 0 Å². The molecule has 2 amide bonds. The average Bonchev–Trinajstić information content (AvgIpc) is 2.25. The molecule has 1 fully saturated rings. The van der Waals surface area contributed by atoms with E-state index in [0.717, 1.165) is 12.5 Å². The van der Waals surface area contributed by atoms with E-state index in [1.54, 1.807) is 0 Å². The van der Waals surface area contributed by atoms with Gasteiger partial charge < -0.3 is 10.6 Å². The lowest BCUT2D eigenvalue weighted by molar-refractivity contribution is -0.138. The minimum Gasteiger partial charge on any atom is -0.340 e. The van der Waals surface area contributed by atoms with Gasteiger partial charge in [0.05, 0.1) is 25.7 Å². The van der Waals surface area contributed by atoms with Crippen molar-refractivity contribution in [2.24, 2.45) is 0 Å². The molecule has 1 saturated heterocycles. The van der Waals surface area contributed by atoms with Gasteiger partial charge in [-0.3, -0.25) is 18.0 Å². The van der Waals surface area contributed by atoms with E-state index in [4.69, 9.17) is 0 Å². The predicted octanol–water partition coefficient (Wildman–Crippen LogP) is -3.08. The van der Waals surface area contributed by atoms with Crippen molar-refractivity contribution in [3.8, 4) is 0 Å². The quantitative estimate of drug-likeness (QED) is 0.488. The molecular formula is C8H14N2O8S2. The van der Waals surface area contributed by atoms with Gasteiger partial charge in [-0.25, -0.2) is 0 Å². The van der Waals surface area contributed by atoms with E-state index in [9.17, 15) is 26.4 Å². The molecule has 0 aromatic rings. The van der Waals surface area contributed by atoms with Gasteiger partial charge in [-0.2, -0.15) is 16.8 Å². The maximum absolute atomic E-state index is 11.6. The second-order valence-electron chi connectivity index (χ2n) is 4.10. The van der Waals surface area contributed by atoms with Crippen LogP contribution < -0.4 is 10.6 Å². The third-order valence-corrected chi connectivity index (χ3v) is 3.29. The molecule has 0 radical (unpaired) electrons. The first-order valence-corrected chi connectivity index (χ1v) is 8.91. The summed E-state index contributed by atoms with van der Waals surface area (Å²) in [5.74, 6) is -1.40. The standard InChI is InChI=1S/C8H14N2O8S2/c1-19(13,14)17-3-5-7(11)10-6(8(12)9-5)4-18-20(2,15)16/h5-6H,3-4H2,1-2H3,(H,9,12)(H,10,11)/t5-,6+. The number of hydrogen-bond acceptors (Lipinski definition) is 8. The highest BCUT2D eigenvalue weighted by Crippen LogP contribution is 2.02. The Bertz CT molecular complexity index is 542. The first-order chi connectivity index (χ1) is 8.98. The third kappa shape index (κ3) is 5.81. The molecule has 0 spiro atoms. The second kappa shape index (κ2) is 6.03. The second-order valence-corrected chi connectivity index (χ2v) is 7.39. The first-order valence-electron chi connectivity index (χ1n) is 5.27. The van der Waals surface area contributed by atoms with Crippen LogP contribution >= 0.6 is 0 Å². The Balaban J connectivity index is 2.58. The van der Waals surface area contributed by atoms with Crippen molar-refractivity contribution in [2.45, 2.75) is 12.1 Å². The molecule has 1 aliphatic rings. The summed E-state index contributed by atoms with van der Waals surface area (Å²) in [5.41, 5.74) is 0. The molecule has 0 saturated carbocycles. The molecular weight excluding hydrogens is 316 g/mol. The molecule has 2 atom stereocenters. The maximum atomic E-state index is 11.6. The molecule has 0 unspecified atom stereocenters. The fourth-order valence-corrected chi connectivity index (χ4v) is 2.06. The van der Waals surface area contributed by atoms with Crippen molar-refractivity contribution in [1.29, 1.82) is 0 Å². The fourth-order valence-electron chi connectivity index (χ4n) is 1.29. The zero-order valence-electron chi connectivity index (χ0n) is 10.7. The fraction of sp³-hybridized carbons (Fsp3) is 0.750. The Morgan fingerprint density at radius 3 is 1.40 bits per heavy atom. The summed E-state index contributed by atoms with van der Waals surface area (Å²) in [6, 6.07) is -2.35. The summed E-state index contributed by atoms with van der Waals surface area (Å²) in [7, 11) is -7.49. The highest BCUT2D eigenvalue weighted by molar-refractivity contribution is 7.86. The highest BCUT2D eigenvalue weighted by Gasteiger charge is 2.35.